The first-order chi connectivity index (χ1) is 8.15. The molecule has 0 radical (unpaired) electrons. The smallest absolute Gasteiger partial charge is 0.220 e. The number of methoxy groups -OCH3 is 2. The molecule has 0 spiro atoms. The van der Waals surface area contributed by atoms with Gasteiger partial charge in [0.2, 0.25) is 5.91 Å². The van der Waals surface area contributed by atoms with Crippen LogP contribution < -0.4 is 14.8 Å². The fourth-order valence-corrected chi connectivity index (χ4v) is 2.28. The van der Waals surface area contributed by atoms with Gasteiger partial charge in [0, 0.05) is 24.4 Å². The standard InChI is InChI=1S/C13H17NO3/c1-8-4-10(16-2)13(11(5-8)17-3)9-6-12(15)14-7-9/h4-5,9H,6-7H2,1-3H3,(H,14,15). The molecule has 4 nitrogen and oxygen atoms in total. The molecule has 0 bridgehead atoms. The van der Waals surface area contributed by atoms with E-state index in [0.717, 1.165) is 22.6 Å². The summed E-state index contributed by atoms with van der Waals surface area (Å²) in [6.45, 7) is 2.64. The van der Waals surface area contributed by atoms with Crippen LogP contribution in [-0.2, 0) is 4.79 Å². The summed E-state index contributed by atoms with van der Waals surface area (Å²) < 4.78 is 10.8. The first-order valence-electron chi connectivity index (χ1n) is 5.65. The predicted octanol–water partition coefficient (Wildman–Crippen LogP) is 1.62. The molecule has 0 saturated carbocycles. The number of aryl methyl sites for hydroxylation is 1. The average molecular weight is 235 g/mol. The van der Waals surface area contributed by atoms with Gasteiger partial charge in [-0.2, -0.15) is 0 Å². The van der Waals surface area contributed by atoms with E-state index >= 15 is 0 Å². The van der Waals surface area contributed by atoms with Crippen molar-refractivity contribution < 1.29 is 14.3 Å². The van der Waals surface area contributed by atoms with Gasteiger partial charge < -0.3 is 14.8 Å². The number of nitrogens with one attached hydrogen (secondary N) is 1. The molecule has 17 heavy (non-hydrogen) atoms. The normalized spacial score (nSPS) is 19.0. The zero-order chi connectivity index (χ0) is 12.4. The maximum atomic E-state index is 11.3. The lowest BCUT2D eigenvalue weighted by Crippen LogP contribution is -2.14. The van der Waals surface area contributed by atoms with E-state index < -0.39 is 0 Å². The van der Waals surface area contributed by atoms with Gasteiger partial charge in [-0.1, -0.05) is 0 Å². The Morgan fingerprint density at radius 1 is 1.24 bits per heavy atom. The minimum Gasteiger partial charge on any atom is -0.496 e. The fraction of sp³-hybridized carbons (Fsp3) is 0.462. The summed E-state index contributed by atoms with van der Waals surface area (Å²) in [5.41, 5.74) is 2.07. The summed E-state index contributed by atoms with van der Waals surface area (Å²) in [4.78, 5) is 11.3. The molecule has 1 saturated heterocycles. The van der Waals surface area contributed by atoms with E-state index in [0.29, 0.717) is 13.0 Å². The number of carbonyl (C=O) groups is 1. The molecule has 1 aromatic rings. The Morgan fingerprint density at radius 2 is 1.82 bits per heavy atom. The number of rotatable bonds is 3. The summed E-state index contributed by atoms with van der Waals surface area (Å²) in [6, 6.07) is 3.95. The van der Waals surface area contributed by atoms with Gasteiger partial charge in [-0.3, -0.25) is 4.79 Å². The van der Waals surface area contributed by atoms with Crippen LogP contribution in [0, 0.1) is 6.92 Å². The molecule has 1 heterocycles. The molecule has 0 aromatic heterocycles. The van der Waals surface area contributed by atoms with Gasteiger partial charge in [0.15, 0.2) is 0 Å². The minimum absolute atomic E-state index is 0.0830. The molecular weight excluding hydrogens is 218 g/mol. The molecule has 1 N–H and O–H groups in total. The van der Waals surface area contributed by atoms with Crippen molar-refractivity contribution in [1.82, 2.24) is 5.32 Å². The molecule has 92 valence electrons. The topological polar surface area (TPSA) is 47.6 Å². The van der Waals surface area contributed by atoms with E-state index in [2.05, 4.69) is 5.32 Å². The third-order valence-electron chi connectivity index (χ3n) is 3.07. The molecule has 2 rings (SSSR count). The lowest BCUT2D eigenvalue weighted by atomic mass is 9.95. The van der Waals surface area contributed by atoms with Gasteiger partial charge in [0.1, 0.15) is 11.5 Å². The summed E-state index contributed by atoms with van der Waals surface area (Å²) in [5.74, 6) is 1.80. The van der Waals surface area contributed by atoms with Crippen molar-refractivity contribution in [3.63, 3.8) is 0 Å². The molecule has 1 aromatic carbocycles. The van der Waals surface area contributed by atoms with Crippen molar-refractivity contribution >= 4 is 5.91 Å². The summed E-state index contributed by atoms with van der Waals surface area (Å²) in [6.07, 6.45) is 0.496. The van der Waals surface area contributed by atoms with Gasteiger partial charge in [0.25, 0.3) is 0 Å². The van der Waals surface area contributed by atoms with Crippen LogP contribution in [0.25, 0.3) is 0 Å². The highest BCUT2D eigenvalue weighted by atomic mass is 16.5. The monoisotopic (exact) mass is 235 g/mol. The van der Waals surface area contributed by atoms with Gasteiger partial charge in [-0.25, -0.2) is 0 Å². The highest BCUT2D eigenvalue weighted by molar-refractivity contribution is 5.80. The number of ether oxygens (including phenoxy) is 2. The van der Waals surface area contributed by atoms with Crippen molar-refractivity contribution in [3.05, 3.63) is 23.3 Å². The highest BCUT2D eigenvalue weighted by Gasteiger charge is 2.28. The van der Waals surface area contributed by atoms with E-state index in [1.165, 1.54) is 0 Å². The van der Waals surface area contributed by atoms with Gasteiger partial charge in [0.05, 0.1) is 14.2 Å². The van der Waals surface area contributed by atoms with Crippen LogP contribution >= 0.6 is 0 Å². The highest BCUT2D eigenvalue weighted by Crippen LogP contribution is 2.39. The summed E-state index contributed by atoms with van der Waals surface area (Å²) >= 11 is 0. The second-order valence-corrected chi connectivity index (χ2v) is 4.29. The summed E-state index contributed by atoms with van der Waals surface area (Å²) in [7, 11) is 3.28. The largest absolute Gasteiger partial charge is 0.496 e. The fourth-order valence-electron chi connectivity index (χ4n) is 2.28. The van der Waals surface area contributed by atoms with Crippen LogP contribution in [0.2, 0.25) is 0 Å². The number of carbonyl (C=O) groups excluding carboxylic acids is 1. The lowest BCUT2D eigenvalue weighted by Gasteiger charge is -2.18. The van der Waals surface area contributed by atoms with Crippen LogP contribution in [0.15, 0.2) is 12.1 Å². The van der Waals surface area contributed by atoms with Crippen LogP contribution in [0.5, 0.6) is 11.5 Å². The second-order valence-electron chi connectivity index (χ2n) is 4.29. The molecule has 0 aliphatic carbocycles. The molecule has 1 aliphatic rings. The maximum Gasteiger partial charge on any atom is 0.220 e. The predicted molar refractivity (Wildman–Crippen MR) is 64.7 cm³/mol. The van der Waals surface area contributed by atoms with E-state index in [-0.39, 0.29) is 11.8 Å². The van der Waals surface area contributed by atoms with E-state index in [1.807, 2.05) is 19.1 Å². The average Bonchev–Trinajstić information content (AvgIpc) is 2.74. The van der Waals surface area contributed by atoms with Gasteiger partial charge >= 0.3 is 0 Å². The van der Waals surface area contributed by atoms with Crippen LogP contribution in [-0.4, -0.2) is 26.7 Å². The number of hydrogen-bond donors (Lipinski definition) is 1. The van der Waals surface area contributed by atoms with Crippen LogP contribution in [0.1, 0.15) is 23.5 Å². The first kappa shape index (κ1) is 11.8. The Bertz CT molecular complexity index is 417. The van der Waals surface area contributed by atoms with Crippen LogP contribution in [0.3, 0.4) is 0 Å². The van der Waals surface area contributed by atoms with Crippen LogP contribution in [0.4, 0.5) is 0 Å². The molecule has 1 amide bonds. The van der Waals surface area contributed by atoms with Crippen molar-refractivity contribution in [2.75, 3.05) is 20.8 Å². The molecular formula is C13H17NO3. The number of amides is 1. The zero-order valence-corrected chi connectivity index (χ0v) is 10.4. The first-order valence-corrected chi connectivity index (χ1v) is 5.65. The van der Waals surface area contributed by atoms with E-state index in [1.54, 1.807) is 14.2 Å². The van der Waals surface area contributed by atoms with Crippen molar-refractivity contribution in [2.45, 2.75) is 19.3 Å². The number of hydrogen-bond acceptors (Lipinski definition) is 3. The van der Waals surface area contributed by atoms with Gasteiger partial charge in [-0.05, 0) is 24.6 Å². The van der Waals surface area contributed by atoms with E-state index in [4.69, 9.17) is 9.47 Å². The Kier molecular flexibility index (Phi) is 3.22. The second kappa shape index (κ2) is 4.65. The lowest BCUT2D eigenvalue weighted by molar-refractivity contribution is -0.119. The molecule has 1 aliphatic heterocycles. The molecule has 1 unspecified atom stereocenters. The van der Waals surface area contributed by atoms with Crippen molar-refractivity contribution in [3.8, 4) is 11.5 Å². The zero-order valence-electron chi connectivity index (χ0n) is 10.4. The SMILES string of the molecule is COc1cc(C)cc(OC)c1C1CNC(=O)C1. The molecule has 1 atom stereocenters. The maximum absolute atomic E-state index is 11.3. The number of benzene rings is 1. The Morgan fingerprint density at radius 3 is 2.24 bits per heavy atom. The van der Waals surface area contributed by atoms with E-state index in [9.17, 15) is 4.79 Å². The van der Waals surface area contributed by atoms with Crippen molar-refractivity contribution in [2.24, 2.45) is 0 Å². The summed E-state index contributed by atoms with van der Waals surface area (Å²) in [5, 5.41) is 2.84. The quantitative estimate of drug-likeness (QED) is 0.866. The minimum atomic E-state index is 0.0830. The Hall–Kier alpha value is -1.71. The van der Waals surface area contributed by atoms with Gasteiger partial charge in [-0.15, -0.1) is 0 Å². The Balaban J connectivity index is 2.46. The third kappa shape index (κ3) is 2.20. The van der Waals surface area contributed by atoms with Crippen molar-refractivity contribution in [1.29, 1.82) is 0 Å². The molecule has 1 fully saturated rings. The molecule has 4 heteroatoms. The Labute approximate surface area is 101 Å². The third-order valence-corrected chi connectivity index (χ3v) is 3.07.